The zero-order valence-corrected chi connectivity index (χ0v) is 14.8. The molecule has 2 aromatic rings. The van der Waals surface area contributed by atoms with Gasteiger partial charge in [-0.05, 0) is 56.1 Å². The molecule has 2 aromatic carbocycles. The molecule has 0 aliphatic rings. The van der Waals surface area contributed by atoms with Gasteiger partial charge in [0, 0.05) is 15.0 Å². The maximum absolute atomic E-state index is 5.97. The molecule has 0 heterocycles. The number of anilines is 3. The van der Waals surface area contributed by atoms with Gasteiger partial charge in [0.05, 0.1) is 28.6 Å². The van der Waals surface area contributed by atoms with Gasteiger partial charge in [0.1, 0.15) is 5.75 Å². The lowest BCUT2D eigenvalue weighted by Crippen LogP contribution is -1.97. The number of nitrogens with two attached hydrogens (primary N) is 1. The molecule has 0 amide bonds. The largest absolute Gasteiger partial charge is 0.495 e. The third-order valence-electron chi connectivity index (χ3n) is 2.52. The second kappa shape index (κ2) is 6.15. The van der Waals surface area contributed by atoms with E-state index in [9.17, 15) is 0 Å². The first-order valence-electron chi connectivity index (χ1n) is 5.36. The Morgan fingerprint density at radius 3 is 2.37 bits per heavy atom. The molecule has 0 aliphatic heterocycles. The Kier molecular flexibility index (Phi) is 4.76. The van der Waals surface area contributed by atoms with Crippen LogP contribution in [0.4, 0.5) is 17.1 Å². The summed E-state index contributed by atoms with van der Waals surface area (Å²) in [6, 6.07) is 9.53. The number of rotatable bonds is 3. The molecule has 0 saturated heterocycles. The average molecular weight is 451 g/mol. The lowest BCUT2D eigenvalue weighted by Gasteiger charge is -2.13. The van der Waals surface area contributed by atoms with Crippen LogP contribution in [-0.2, 0) is 0 Å². The topological polar surface area (TPSA) is 47.3 Å². The van der Waals surface area contributed by atoms with E-state index in [-0.39, 0.29) is 0 Å². The van der Waals surface area contributed by atoms with Crippen molar-refractivity contribution in [3.63, 3.8) is 0 Å². The summed E-state index contributed by atoms with van der Waals surface area (Å²) in [7, 11) is 1.63. The highest BCUT2D eigenvalue weighted by atomic mass is 79.9. The minimum absolute atomic E-state index is 0.670. The third kappa shape index (κ3) is 3.43. The molecular formula is C13H11Br3N2O. The molecule has 100 valence electrons. The zero-order chi connectivity index (χ0) is 14.0. The van der Waals surface area contributed by atoms with Crippen molar-refractivity contribution in [2.24, 2.45) is 0 Å². The molecule has 2 rings (SSSR count). The van der Waals surface area contributed by atoms with Crippen LogP contribution in [-0.4, -0.2) is 7.11 Å². The Morgan fingerprint density at radius 2 is 1.74 bits per heavy atom. The summed E-state index contributed by atoms with van der Waals surface area (Å²) in [5, 5.41) is 3.28. The molecule has 0 aromatic heterocycles. The molecule has 0 atom stereocenters. The van der Waals surface area contributed by atoms with E-state index in [4.69, 9.17) is 10.5 Å². The van der Waals surface area contributed by atoms with Crippen LogP contribution in [0.1, 0.15) is 0 Å². The third-order valence-corrected chi connectivity index (χ3v) is 4.29. The first-order chi connectivity index (χ1) is 9.01. The van der Waals surface area contributed by atoms with Crippen LogP contribution >= 0.6 is 47.8 Å². The van der Waals surface area contributed by atoms with E-state index in [0.29, 0.717) is 5.69 Å². The fourth-order valence-corrected chi connectivity index (χ4v) is 3.21. The van der Waals surface area contributed by atoms with E-state index in [1.165, 1.54) is 0 Å². The predicted molar refractivity (Wildman–Crippen MR) is 90.2 cm³/mol. The van der Waals surface area contributed by atoms with Gasteiger partial charge in [-0.2, -0.15) is 0 Å². The maximum Gasteiger partial charge on any atom is 0.135 e. The highest BCUT2D eigenvalue weighted by Gasteiger charge is 2.08. The molecule has 6 heteroatoms. The summed E-state index contributed by atoms with van der Waals surface area (Å²) in [5.41, 5.74) is 8.37. The van der Waals surface area contributed by atoms with E-state index in [1.54, 1.807) is 7.11 Å². The van der Waals surface area contributed by atoms with Gasteiger partial charge in [0.25, 0.3) is 0 Å². The summed E-state index contributed by atoms with van der Waals surface area (Å²) in [6.45, 7) is 0. The van der Waals surface area contributed by atoms with Gasteiger partial charge in [0.2, 0.25) is 0 Å². The Morgan fingerprint density at radius 1 is 1.00 bits per heavy atom. The monoisotopic (exact) mass is 448 g/mol. The quantitative estimate of drug-likeness (QED) is 0.623. The molecular weight excluding hydrogens is 440 g/mol. The van der Waals surface area contributed by atoms with Crippen molar-refractivity contribution in [2.75, 3.05) is 18.2 Å². The van der Waals surface area contributed by atoms with Crippen molar-refractivity contribution in [3.8, 4) is 5.75 Å². The van der Waals surface area contributed by atoms with E-state index >= 15 is 0 Å². The highest BCUT2D eigenvalue weighted by Crippen LogP contribution is 2.37. The number of nitrogen functional groups attached to an aromatic ring is 1. The zero-order valence-electron chi connectivity index (χ0n) is 10.0. The van der Waals surface area contributed by atoms with Crippen LogP contribution in [0.15, 0.2) is 43.7 Å². The van der Waals surface area contributed by atoms with Crippen molar-refractivity contribution in [1.82, 2.24) is 0 Å². The van der Waals surface area contributed by atoms with Gasteiger partial charge in [-0.25, -0.2) is 0 Å². The summed E-state index contributed by atoms with van der Waals surface area (Å²) < 4.78 is 8.03. The summed E-state index contributed by atoms with van der Waals surface area (Å²) in [5.74, 6) is 0.751. The van der Waals surface area contributed by atoms with Crippen LogP contribution in [0, 0.1) is 0 Å². The standard InChI is InChI=1S/C13H11Br3N2O/c1-19-13-6-12(8(15)5-9(13)16)18-11-3-2-7(14)4-10(11)17/h2-6,18H,17H2,1H3. The Labute approximate surface area is 136 Å². The minimum atomic E-state index is 0.670. The second-order valence-corrected chi connectivity index (χ2v) is 6.45. The minimum Gasteiger partial charge on any atom is -0.495 e. The van der Waals surface area contributed by atoms with Crippen molar-refractivity contribution in [1.29, 1.82) is 0 Å². The van der Waals surface area contributed by atoms with Crippen molar-refractivity contribution >= 4 is 64.9 Å². The molecule has 0 aliphatic carbocycles. The Bertz CT molecular complexity index is 617. The van der Waals surface area contributed by atoms with Gasteiger partial charge >= 0.3 is 0 Å². The fourth-order valence-electron chi connectivity index (χ4n) is 1.57. The molecule has 3 N–H and O–H groups in total. The molecule has 0 saturated carbocycles. The summed E-state index contributed by atoms with van der Waals surface area (Å²) in [4.78, 5) is 0. The van der Waals surface area contributed by atoms with Gasteiger partial charge in [-0.1, -0.05) is 15.9 Å². The first-order valence-corrected chi connectivity index (χ1v) is 7.74. The highest BCUT2D eigenvalue weighted by molar-refractivity contribution is 9.11. The van der Waals surface area contributed by atoms with Crippen LogP contribution in [0.2, 0.25) is 0 Å². The number of hydrogen-bond donors (Lipinski definition) is 2. The van der Waals surface area contributed by atoms with Crippen molar-refractivity contribution in [3.05, 3.63) is 43.7 Å². The van der Waals surface area contributed by atoms with Crippen LogP contribution in [0.3, 0.4) is 0 Å². The lowest BCUT2D eigenvalue weighted by molar-refractivity contribution is 0.412. The molecule has 0 unspecified atom stereocenters. The Hall–Kier alpha value is -0.720. The number of methoxy groups -OCH3 is 1. The average Bonchev–Trinajstić information content (AvgIpc) is 2.35. The second-order valence-electron chi connectivity index (χ2n) is 3.82. The molecule has 0 radical (unpaired) electrons. The molecule has 0 bridgehead atoms. The van der Waals surface area contributed by atoms with E-state index in [0.717, 1.165) is 30.5 Å². The van der Waals surface area contributed by atoms with Crippen LogP contribution < -0.4 is 15.8 Å². The van der Waals surface area contributed by atoms with E-state index in [1.807, 2.05) is 30.3 Å². The van der Waals surface area contributed by atoms with E-state index < -0.39 is 0 Å². The molecule has 19 heavy (non-hydrogen) atoms. The number of benzene rings is 2. The van der Waals surface area contributed by atoms with Gasteiger partial charge in [-0.3, -0.25) is 0 Å². The number of ether oxygens (including phenoxy) is 1. The predicted octanol–water partition coefficient (Wildman–Crippen LogP) is 5.31. The van der Waals surface area contributed by atoms with Gasteiger partial charge in [-0.15, -0.1) is 0 Å². The SMILES string of the molecule is COc1cc(Nc2ccc(Br)cc2N)c(Br)cc1Br. The van der Waals surface area contributed by atoms with Crippen LogP contribution in [0.25, 0.3) is 0 Å². The first kappa shape index (κ1) is 14.7. The van der Waals surface area contributed by atoms with Gasteiger partial charge in [0.15, 0.2) is 0 Å². The van der Waals surface area contributed by atoms with Gasteiger partial charge < -0.3 is 15.8 Å². The van der Waals surface area contributed by atoms with Crippen LogP contribution in [0.5, 0.6) is 5.75 Å². The lowest BCUT2D eigenvalue weighted by atomic mass is 10.2. The van der Waals surface area contributed by atoms with Crippen molar-refractivity contribution < 1.29 is 4.74 Å². The fraction of sp³-hybridized carbons (Fsp3) is 0.0769. The molecule has 3 nitrogen and oxygen atoms in total. The molecule has 0 fully saturated rings. The number of hydrogen-bond acceptors (Lipinski definition) is 3. The Balaban J connectivity index is 2.37. The van der Waals surface area contributed by atoms with Crippen molar-refractivity contribution in [2.45, 2.75) is 0 Å². The van der Waals surface area contributed by atoms with E-state index in [2.05, 4.69) is 53.1 Å². The maximum atomic E-state index is 5.97. The number of nitrogens with one attached hydrogen (secondary N) is 1. The smallest absolute Gasteiger partial charge is 0.135 e. The summed E-state index contributed by atoms with van der Waals surface area (Å²) in [6.07, 6.45) is 0. The molecule has 0 spiro atoms. The summed E-state index contributed by atoms with van der Waals surface area (Å²) >= 11 is 10.3. The number of halogens is 3. The normalized spacial score (nSPS) is 10.3.